The van der Waals surface area contributed by atoms with E-state index in [1.807, 2.05) is 0 Å². The quantitative estimate of drug-likeness (QED) is 0.502. The molecule has 0 fully saturated rings. The first kappa shape index (κ1) is 17.4. The molecule has 2 rings (SSSR count). The lowest BCUT2D eigenvalue weighted by atomic mass is 10.1. The molecule has 126 valence electrons. The number of hydrogen-bond acceptors (Lipinski definition) is 7. The van der Waals surface area contributed by atoms with Gasteiger partial charge >= 0.3 is 6.18 Å². The molecular weight excluding hydrogens is 357 g/mol. The fourth-order valence-electron chi connectivity index (χ4n) is 1.64. The summed E-state index contributed by atoms with van der Waals surface area (Å²) in [5, 5.41) is 21.8. The number of aromatic nitrogens is 2. The lowest BCUT2D eigenvalue weighted by molar-refractivity contribution is -0.400. The van der Waals surface area contributed by atoms with Gasteiger partial charge in [0.15, 0.2) is 10.1 Å². The molecule has 9 nitrogen and oxygen atoms in total. The van der Waals surface area contributed by atoms with Crippen molar-refractivity contribution in [3.05, 3.63) is 60.5 Å². The van der Waals surface area contributed by atoms with Crippen molar-refractivity contribution in [3.8, 4) is 0 Å². The molecular formula is C11H5F3N4O5S. The van der Waals surface area contributed by atoms with Crippen LogP contribution in [0, 0.1) is 20.2 Å². The number of rotatable bonds is 4. The smallest absolute Gasteiger partial charge is 0.301 e. The summed E-state index contributed by atoms with van der Waals surface area (Å²) < 4.78 is 38.3. The van der Waals surface area contributed by atoms with Crippen LogP contribution in [0.2, 0.25) is 0 Å². The van der Waals surface area contributed by atoms with Gasteiger partial charge in [-0.3, -0.25) is 25.0 Å². The predicted octanol–water partition coefficient (Wildman–Crippen LogP) is 2.76. The minimum absolute atomic E-state index is 0.191. The molecule has 0 aliphatic rings. The van der Waals surface area contributed by atoms with Crippen molar-refractivity contribution >= 4 is 23.1 Å². The molecule has 1 N–H and O–H groups in total. The Bertz CT molecular complexity index is 847. The number of H-pyrrole nitrogens is 1. The number of benzene rings is 1. The van der Waals surface area contributed by atoms with Crippen LogP contribution in [-0.2, 0) is 6.18 Å². The third kappa shape index (κ3) is 3.68. The van der Waals surface area contributed by atoms with Crippen molar-refractivity contribution in [2.24, 2.45) is 0 Å². The van der Waals surface area contributed by atoms with Crippen LogP contribution in [0.15, 0.2) is 39.2 Å². The number of halogens is 3. The van der Waals surface area contributed by atoms with Gasteiger partial charge in [-0.05, 0) is 11.8 Å². The Hall–Kier alpha value is -2.96. The number of nitro groups is 2. The molecule has 2 aromatic rings. The molecule has 0 bridgehead atoms. The van der Waals surface area contributed by atoms with Gasteiger partial charge in [-0.1, -0.05) is 0 Å². The zero-order chi connectivity index (χ0) is 18.1. The van der Waals surface area contributed by atoms with Gasteiger partial charge in [0.1, 0.15) is 0 Å². The number of hydrogen-bond donors (Lipinski definition) is 1. The van der Waals surface area contributed by atoms with Crippen LogP contribution in [0.25, 0.3) is 0 Å². The minimum Gasteiger partial charge on any atom is -0.301 e. The fourth-order valence-corrected chi connectivity index (χ4v) is 2.57. The first-order chi connectivity index (χ1) is 11.1. The molecule has 1 aromatic carbocycles. The highest BCUT2D eigenvalue weighted by atomic mass is 32.2. The molecule has 0 unspecified atom stereocenters. The van der Waals surface area contributed by atoms with E-state index in [1.54, 1.807) is 0 Å². The van der Waals surface area contributed by atoms with Gasteiger partial charge in [0.25, 0.3) is 16.9 Å². The summed E-state index contributed by atoms with van der Waals surface area (Å²) in [6.07, 6.45) is -3.96. The van der Waals surface area contributed by atoms with Crippen LogP contribution in [-0.4, -0.2) is 19.8 Å². The first-order valence-electron chi connectivity index (χ1n) is 5.87. The normalized spacial score (nSPS) is 11.3. The molecule has 0 saturated heterocycles. The molecule has 0 amide bonds. The Morgan fingerprint density at radius 1 is 1.12 bits per heavy atom. The number of alkyl halides is 3. The average molecular weight is 362 g/mol. The average Bonchev–Trinajstić information content (AvgIpc) is 2.45. The van der Waals surface area contributed by atoms with Crippen LogP contribution >= 0.6 is 11.8 Å². The minimum atomic E-state index is -5.00. The largest absolute Gasteiger partial charge is 0.416 e. The van der Waals surface area contributed by atoms with Crippen LogP contribution in [0.4, 0.5) is 24.5 Å². The zero-order valence-corrected chi connectivity index (χ0v) is 12.1. The monoisotopic (exact) mass is 362 g/mol. The van der Waals surface area contributed by atoms with Crippen LogP contribution in [0.1, 0.15) is 5.56 Å². The highest BCUT2D eigenvalue weighted by Gasteiger charge is 2.38. The molecule has 0 saturated carbocycles. The molecule has 0 radical (unpaired) electrons. The van der Waals surface area contributed by atoms with Crippen LogP contribution in [0.5, 0.6) is 0 Å². The Morgan fingerprint density at radius 3 is 2.08 bits per heavy atom. The Labute approximate surface area is 133 Å². The van der Waals surface area contributed by atoms with E-state index in [2.05, 4.69) is 9.97 Å². The zero-order valence-electron chi connectivity index (χ0n) is 11.2. The van der Waals surface area contributed by atoms with Crippen LogP contribution in [0.3, 0.4) is 0 Å². The lowest BCUT2D eigenvalue weighted by Gasteiger charge is -2.09. The Kier molecular flexibility index (Phi) is 4.54. The summed E-state index contributed by atoms with van der Waals surface area (Å²) in [6, 6.07) is 1.41. The lowest BCUT2D eigenvalue weighted by Crippen LogP contribution is -2.09. The third-order valence-electron chi connectivity index (χ3n) is 2.62. The molecule has 13 heteroatoms. The summed E-state index contributed by atoms with van der Waals surface area (Å²) in [7, 11) is 0. The van der Waals surface area contributed by atoms with Gasteiger partial charge in [-0.15, -0.1) is 0 Å². The second kappa shape index (κ2) is 6.27. The Balaban J connectivity index is 2.70. The molecule has 0 spiro atoms. The van der Waals surface area contributed by atoms with Gasteiger partial charge in [-0.2, -0.15) is 13.2 Å². The van der Waals surface area contributed by atoms with E-state index < -0.39 is 43.4 Å². The molecule has 1 heterocycles. The molecule has 1 aromatic heterocycles. The highest BCUT2D eigenvalue weighted by Crippen LogP contribution is 2.44. The van der Waals surface area contributed by atoms with Crippen molar-refractivity contribution in [3.63, 3.8) is 0 Å². The van der Waals surface area contributed by atoms with E-state index in [1.165, 1.54) is 0 Å². The van der Waals surface area contributed by atoms with E-state index in [9.17, 15) is 38.2 Å². The molecule has 0 atom stereocenters. The molecule has 0 aliphatic heterocycles. The van der Waals surface area contributed by atoms with Crippen LogP contribution < -0.4 is 5.56 Å². The predicted molar refractivity (Wildman–Crippen MR) is 73.7 cm³/mol. The standard InChI is InChI=1S/C11H5F3N4O5S/c12-11(13,14)5-3-6(17(20)21)9(7(4-5)18(22)23)24-10-15-2-1-8(19)16-10/h1-4H,(H,15,16,19). The van der Waals surface area contributed by atoms with Gasteiger partial charge in [0.2, 0.25) is 0 Å². The summed E-state index contributed by atoms with van der Waals surface area (Å²) in [4.78, 5) is 36.0. The summed E-state index contributed by atoms with van der Waals surface area (Å²) in [5.41, 5.74) is -4.40. The van der Waals surface area contributed by atoms with Crippen molar-refractivity contribution in [2.75, 3.05) is 0 Å². The van der Waals surface area contributed by atoms with E-state index in [-0.39, 0.29) is 17.3 Å². The van der Waals surface area contributed by atoms with Crippen molar-refractivity contribution in [2.45, 2.75) is 16.2 Å². The molecule has 24 heavy (non-hydrogen) atoms. The second-order valence-corrected chi connectivity index (χ2v) is 5.20. The Morgan fingerprint density at radius 2 is 1.67 bits per heavy atom. The summed E-state index contributed by atoms with van der Waals surface area (Å²) >= 11 is 0.314. The maximum atomic E-state index is 12.8. The van der Waals surface area contributed by atoms with E-state index >= 15 is 0 Å². The number of nitro benzene ring substituents is 2. The van der Waals surface area contributed by atoms with E-state index in [0.29, 0.717) is 11.8 Å². The number of nitrogens with one attached hydrogen (secondary N) is 1. The maximum absolute atomic E-state index is 12.8. The first-order valence-corrected chi connectivity index (χ1v) is 6.68. The van der Waals surface area contributed by atoms with Gasteiger partial charge < -0.3 is 4.98 Å². The van der Waals surface area contributed by atoms with Gasteiger partial charge in [0.05, 0.1) is 15.4 Å². The van der Waals surface area contributed by atoms with Gasteiger partial charge in [-0.25, -0.2) is 4.98 Å². The topological polar surface area (TPSA) is 132 Å². The SMILES string of the molecule is O=c1ccnc(Sc2c([N+](=O)[O-])cc(C(F)(F)F)cc2[N+](=O)[O-])[nH]1. The number of aromatic amines is 1. The summed E-state index contributed by atoms with van der Waals surface area (Å²) in [5.74, 6) is 0. The molecule has 0 aliphatic carbocycles. The highest BCUT2D eigenvalue weighted by molar-refractivity contribution is 7.99. The van der Waals surface area contributed by atoms with Crippen molar-refractivity contribution in [1.82, 2.24) is 9.97 Å². The van der Waals surface area contributed by atoms with E-state index in [4.69, 9.17) is 0 Å². The van der Waals surface area contributed by atoms with Gasteiger partial charge in [0, 0.05) is 24.4 Å². The second-order valence-electron chi connectivity index (χ2n) is 4.20. The summed E-state index contributed by atoms with van der Waals surface area (Å²) in [6.45, 7) is 0. The van der Waals surface area contributed by atoms with E-state index in [0.717, 1.165) is 12.3 Å². The van der Waals surface area contributed by atoms with Crippen molar-refractivity contribution < 1.29 is 23.0 Å². The fraction of sp³-hybridized carbons (Fsp3) is 0.0909. The van der Waals surface area contributed by atoms with Crippen molar-refractivity contribution in [1.29, 1.82) is 0 Å². The number of nitrogens with zero attached hydrogens (tertiary/aromatic N) is 3. The third-order valence-corrected chi connectivity index (χ3v) is 3.64. The maximum Gasteiger partial charge on any atom is 0.416 e.